The molecule has 1 N–H and O–H groups in total. The molecule has 2 amide bonds. The third-order valence-electron chi connectivity index (χ3n) is 5.03. The van der Waals surface area contributed by atoms with Gasteiger partial charge in [-0.05, 0) is 18.8 Å². The van der Waals surface area contributed by atoms with Gasteiger partial charge >= 0.3 is 5.97 Å². The summed E-state index contributed by atoms with van der Waals surface area (Å²) in [4.78, 5) is 37.5. The summed E-state index contributed by atoms with van der Waals surface area (Å²) in [5.74, 6) is -2.95. The zero-order valence-corrected chi connectivity index (χ0v) is 11.6. The summed E-state index contributed by atoms with van der Waals surface area (Å²) in [7, 11) is 0. The number of carbonyl (C=O) groups excluding carboxylic acids is 2. The molecule has 3 aliphatic rings. The minimum Gasteiger partial charge on any atom is -0.480 e. The monoisotopic (exact) mass is 281 g/mol. The Hall–Kier alpha value is -1.43. The molecule has 0 aromatic heterocycles. The molecule has 0 unspecified atom stereocenters. The molecule has 6 heteroatoms. The van der Waals surface area contributed by atoms with Gasteiger partial charge in [0.05, 0.1) is 24.0 Å². The Morgan fingerprint density at radius 3 is 2.20 bits per heavy atom. The van der Waals surface area contributed by atoms with Crippen molar-refractivity contribution in [2.45, 2.75) is 51.4 Å². The van der Waals surface area contributed by atoms with Crippen LogP contribution in [0.1, 0.15) is 33.1 Å². The second kappa shape index (κ2) is 4.55. The van der Waals surface area contributed by atoms with Crippen molar-refractivity contribution in [2.75, 3.05) is 0 Å². The zero-order chi connectivity index (χ0) is 14.6. The molecule has 3 rings (SSSR count). The molecule has 20 heavy (non-hydrogen) atoms. The van der Waals surface area contributed by atoms with Gasteiger partial charge in [0.15, 0.2) is 0 Å². The predicted octanol–water partition coefficient (Wildman–Crippen LogP) is 0.648. The summed E-state index contributed by atoms with van der Waals surface area (Å²) in [6.45, 7) is 3.62. The Labute approximate surface area is 117 Å². The second-order valence-corrected chi connectivity index (χ2v) is 6.06. The van der Waals surface area contributed by atoms with Crippen molar-refractivity contribution in [3.05, 3.63) is 0 Å². The minimum atomic E-state index is -1.10. The molecule has 0 aromatic carbocycles. The van der Waals surface area contributed by atoms with E-state index in [1.54, 1.807) is 6.92 Å². The van der Waals surface area contributed by atoms with Crippen molar-refractivity contribution in [3.8, 4) is 0 Å². The van der Waals surface area contributed by atoms with Crippen molar-refractivity contribution in [3.63, 3.8) is 0 Å². The van der Waals surface area contributed by atoms with E-state index in [-0.39, 0.29) is 29.9 Å². The van der Waals surface area contributed by atoms with E-state index < -0.39 is 23.8 Å². The number of rotatable bonds is 4. The lowest BCUT2D eigenvalue weighted by molar-refractivity contribution is -0.158. The number of hydrogen-bond donors (Lipinski definition) is 1. The highest BCUT2D eigenvalue weighted by Gasteiger charge is 2.64. The van der Waals surface area contributed by atoms with E-state index in [1.165, 1.54) is 0 Å². The largest absolute Gasteiger partial charge is 0.480 e. The number of aliphatic carboxylic acids is 1. The molecule has 6 atom stereocenters. The second-order valence-electron chi connectivity index (χ2n) is 6.06. The molecule has 3 fully saturated rings. The summed E-state index contributed by atoms with van der Waals surface area (Å²) in [6, 6.07) is -1.05. The van der Waals surface area contributed by atoms with Crippen LogP contribution in [-0.4, -0.2) is 46.0 Å². The molecule has 0 aromatic rings. The first-order chi connectivity index (χ1) is 9.47. The van der Waals surface area contributed by atoms with Crippen LogP contribution >= 0.6 is 0 Å². The van der Waals surface area contributed by atoms with Crippen LogP contribution in [0.5, 0.6) is 0 Å². The van der Waals surface area contributed by atoms with Gasteiger partial charge < -0.3 is 9.84 Å². The number of carboxylic acid groups (broad SMARTS) is 1. The van der Waals surface area contributed by atoms with E-state index in [0.717, 1.165) is 17.7 Å². The molecule has 3 saturated heterocycles. The predicted molar refractivity (Wildman–Crippen MR) is 67.6 cm³/mol. The lowest BCUT2D eigenvalue weighted by atomic mass is 9.81. The smallest absolute Gasteiger partial charge is 0.327 e. The molecular weight excluding hydrogens is 262 g/mol. The standard InChI is InChI=1S/C14H19NO5/c1-3-6(2)11(14(18)19)15-12(16)9-7-4-5-8(20-7)10(9)13(15)17/h6-11H,3-5H2,1-2H3,(H,18,19)/t6-,7-,8+,9-,10+,11-/m0/s1. The fourth-order valence-corrected chi connectivity index (χ4v) is 3.84. The first-order valence-corrected chi connectivity index (χ1v) is 7.22. The van der Waals surface area contributed by atoms with Crippen LogP contribution in [-0.2, 0) is 19.1 Å². The summed E-state index contributed by atoms with van der Waals surface area (Å²) >= 11 is 0. The molecule has 2 bridgehead atoms. The Bertz CT molecular complexity index is 448. The maximum atomic E-state index is 12.5. The van der Waals surface area contributed by atoms with Gasteiger partial charge in [-0.3, -0.25) is 14.5 Å². The molecule has 110 valence electrons. The van der Waals surface area contributed by atoms with Gasteiger partial charge in [0.1, 0.15) is 6.04 Å². The van der Waals surface area contributed by atoms with Crippen LogP contribution in [0.4, 0.5) is 0 Å². The molecule has 3 aliphatic heterocycles. The van der Waals surface area contributed by atoms with Crippen molar-refractivity contribution in [2.24, 2.45) is 17.8 Å². The van der Waals surface area contributed by atoms with E-state index in [0.29, 0.717) is 6.42 Å². The zero-order valence-electron chi connectivity index (χ0n) is 11.6. The van der Waals surface area contributed by atoms with Gasteiger partial charge in [-0.25, -0.2) is 4.79 Å². The molecule has 0 saturated carbocycles. The van der Waals surface area contributed by atoms with Crippen molar-refractivity contribution in [1.82, 2.24) is 4.90 Å². The first kappa shape index (κ1) is 13.5. The summed E-state index contributed by atoms with van der Waals surface area (Å²) < 4.78 is 5.64. The molecule has 6 nitrogen and oxygen atoms in total. The van der Waals surface area contributed by atoms with Gasteiger partial charge in [-0.2, -0.15) is 0 Å². The molecular formula is C14H19NO5. The van der Waals surface area contributed by atoms with Gasteiger partial charge in [0.25, 0.3) is 0 Å². The summed E-state index contributed by atoms with van der Waals surface area (Å²) in [5.41, 5.74) is 0. The lowest BCUT2D eigenvalue weighted by Gasteiger charge is -2.28. The third kappa shape index (κ3) is 1.63. The molecule has 0 radical (unpaired) electrons. The SMILES string of the molecule is CC[C@H](C)[C@@H](C(=O)O)N1C(=O)[C@@H]2[C@H](C1=O)[C@H]1CC[C@@H]2O1. The normalized spacial score (nSPS) is 38.2. The van der Waals surface area contributed by atoms with Crippen LogP contribution in [0.3, 0.4) is 0 Å². The Balaban J connectivity index is 1.93. The maximum Gasteiger partial charge on any atom is 0.327 e. The number of fused-ring (bicyclic) bond motifs is 5. The fraction of sp³-hybridized carbons (Fsp3) is 0.786. The summed E-state index contributed by atoms with van der Waals surface area (Å²) in [5, 5.41) is 9.40. The Kier molecular flexibility index (Phi) is 3.08. The number of carboxylic acids is 1. The van der Waals surface area contributed by atoms with Gasteiger partial charge in [0, 0.05) is 0 Å². The van der Waals surface area contributed by atoms with E-state index >= 15 is 0 Å². The maximum absolute atomic E-state index is 12.5. The van der Waals surface area contributed by atoms with Gasteiger partial charge in [-0.1, -0.05) is 20.3 Å². The van der Waals surface area contributed by atoms with Crippen LogP contribution in [0.2, 0.25) is 0 Å². The average Bonchev–Trinajstić information content (AvgIpc) is 3.07. The first-order valence-electron chi connectivity index (χ1n) is 7.22. The third-order valence-corrected chi connectivity index (χ3v) is 5.03. The van der Waals surface area contributed by atoms with Gasteiger partial charge in [-0.15, -0.1) is 0 Å². The Morgan fingerprint density at radius 2 is 1.80 bits per heavy atom. The van der Waals surface area contributed by atoms with E-state index in [1.807, 2.05) is 6.92 Å². The number of nitrogens with zero attached hydrogens (tertiary/aromatic N) is 1. The van der Waals surface area contributed by atoms with Crippen LogP contribution in [0.25, 0.3) is 0 Å². The highest BCUT2D eigenvalue weighted by molar-refractivity contribution is 6.08. The average molecular weight is 281 g/mol. The van der Waals surface area contributed by atoms with E-state index in [9.17, 15) is 19.5 Å². The van der Waals surface area contributed by atoms with E-state index in [2.05, 4.69) is 0 Å². The van der Waals surface area contributed by atoms with Crippen LogP contribution in [0.15, 0.2) is 0 Å². The number of ether oxygens (including phenoxy) is 1. The molecule has 3 heterocycles. The van der Waals surface area contributed by atoms with Crippen molar-refractivity contribution >= 4 is 17.8 Å². The van der Waals surface area contributed by atoms with Gasteiger partial charge in [0.2, 0.25) is 11.8 Å². The quantitative estimate of drug-likeness (QED) is 0.765. The van der Waals surface area contributed by atoms with Crippen LogP contribution in [0, 0.1) is 17.8 Å². The van der Waals surface area contributed by atoms with E-state index in [4.69, 9.17) is 4.74 Å². The van der Waals surface area contributed by atoms with Crippen molar-refractivity contribution < 1.29 is 24.2 Å². The molecule has 0 aliphatic carbocycles. The number of hydrogen-bond acceptors (Lipinski definition) is 4. The summed E-state index contributed by atoms with van der Waals surface area (Å²) in [6.07, 6.45) is 1.79. The Morgan fingerprint density at radius 1 is 1.30 bits per heavy atom. The topological polar surface area (TPSA) is 83.9 Å². The highest BCUT2D eigenvalue weighted by atomic mass is 16.5. The van der Waals surface area contributed by atoms with Crippen LogP contribution < -0.4 is 0 Å². The number of likely N-dealkylation sites (tertiary alicyclic amines) is 1. The minimum absolute atomic E-state index is 0.196. The van der Waals surface area contributed by atoms with Crippen molar-refractivity contribution in [1.29, 1.82) is 0 Å². The molecule has 0 spiro atoms. The lowest BCUT2D eigenvalue weighted by Crippen LogP contribution is -2.50. The number of imide groups is 1. The number of amides is 2. The highest BCUT2D eigenvalue weighted by Crippen LogP contribution is 2.49. The number of carbonyl (C=O) groups is 3. The fourth-order valence-electron chi connectivity index (χ4n) is 3.84.